The molecule has 2 aromatic carbocycles. The smallest absolute Gasteiger partial charge is 0.257 e. The molecule has 0 saturated carbocycles. The van der Waals surface area contributed by atoms with E-state index in [0.29, 0.717) is 23.8 Å². The van der Waals surface area contributed by atoms with Crippen molar-refractivity contribution in [2.24, 2.45) is 0 Å². The molecule has 1 aromatic heterocycles. The highest BCUT2D eigenvalue weighted by molar-refractivity contribution is 7.89. The summed E-state index contributed by atoms with van der Waals surface area (Å²) in [7, 11) is -3.53. The number of aromatic nitrogens is 1. The molecule has 0 bridgehead atoms. The van der Waals surface area contributed by atoms with E-state index in [1.54, 1.807) is 16.4 Å². The molecule has 0 unspecified atom stereocenters. The predicted molar refractivity (Wildman–Crippen MR) is 129 cm³/mol. The lowest BCUT2D eigenvalue weighted by atomic mass is 10.1. The number of benzene rings is 2. The van der Waals surface area contributed by atoms with Crippen LogP contribution in [-0.4, -0.2) is 36.7 Å². The lowest BCUT2D eigenvalue weighted by molar-refractivity contribution is 0.102. The van der Waals surface area contributed by atoms with Gasteiger partial charge in [-0.05, 0) is 49.1 Å². The number of rotatable bonds is 6. The highest BCUT2D eigenvalue weighted by atomic mass is 32.2. The Hall–Kier alpha value is -2.55. The summed E-state index contributed by atoms with van der Waals surface area (Å²) in [6.45, 7) is 3.22. The number of aryl methyl sites for hydroxylation is 1. The van der Waals surface area contributed by atoms with Crippen molar-refractivity contribution >= 4 is 32.4 Å². The Kier molecular flexibility index (Phi) is 7.03. The van der Waals surface area contributed by atoms with E-state index in [0.717, 1.165) is 43.4 Å². The van der Waals surface area contributed by atoms with Crippen LogP contribution in [0.15, 0.2) is 58.8 Å². The Labute approximate surface area is 193 Å². The van der Waals surface area contributed by atoms with E-state index in [1.165, 1.54) is 29.0 Å². The SMILES string of the molecule is CCc1ccc(-c2csc(NC(=O)c3ccc(S(=O)(=O)N4CCCCCC4)cc3)n2)cc1. The fourth-order valence-electron chi connectivity index (χ4n) is 3.75. The Morgan fingerprint density at radius 2 is 1.66 bits per heavy atom. The van der Waals surface area contributed by atoms with Crippen molar-refractivity contribution in [2.45, 2.75) is 43.9 Å². The zero-order valence-electron chi connectivity index (χ0n) is 18.1. The van der Waals surface area contributed by atoms with Crippen molar-refractivity contribution in [1.29, 1.82) is 0 Å². The van der Waals surface area contributed by atoms with Crippen LogP contribution >= 0.6 is 11.3 Å². The molecule has 3 aromatic rings. The minimum Gasteiger partial charge on any atom is -0.298 e. The summed E-state index contributed by atoms with van der Waals surface area (Å²) in [5.41, 5.74) is 3.47. The summed E-state index contributed by atoms with van der Waals surface area (Å²) in [5.74, 6) is -0.314. The number of nitrogens with zero attached hydrogens (tertiary/aromatic N) is 2. The van der Waals surface area contributed by atoms with E-state index in [1.807, 2.05) is 17.5 Å². The molecule has 168 valence electrons. The maximum absolute atomic E-state index is 12.9. The molecule has 32 heavy (non-hydrogen) atoms. The minimum absolute atomic E-state index is 0.225. The van der Waals surface area contributed by atoms with Gasteiger partial charge >= 0.3 is 0 Å². The fraction of sp³-hybridized carbons (Fsp3) is 0.333. The fourth-order valence-corrected chi connectivity index (χ4v) is 5.99. The normalized spacial score (nSPS) is 15.3. The second kappa shape index (κ2) is 9.94. The summed E-state index contributed by atoms with van der Waals surface area (Å²) >= 11 is 1.36. The van der Waals surface area contributed by atoms with Gasteiger partial charge in [0, 0.05) is 29.6 Å². The summed E-state index contributed by atoms with van der Waals surface area (Å²) in [5, 5.41) is 5.22. The van der Waals surface area contributed by atoms with Gasteiger partial charge in [-0.15, -0.1) is 11.3 Å². The van der Waals surface area contributed by atoms with Gasteiger partial charge in [-0.2, -0.15) is 4.31 Å². The van der Waals surface area contributed by atoms with Gasteiger partial charge in [0.05, 0.1) is 10.6 Å². The van der Waals surface area contributed by atoms with Crippen molar-refractivity contribution in [3.63, 3.8) is 0 Å². The summed E-state index contributed by atoms with van der Waals surface area (Å²) in [6, 6.07) is 14.3. The molecule has 2 heterocycles. The number of amides is 1. The first-order valence-corrected chi connectivity index (χ1v) is 13.3. The maximum atomic E-state index is 12.9. The predicted octanol–water partition coefficient (Wildman–Crippen LogP) is 5.19. The van der Waals surface area contributed by atoms with Crippen molar-refractivity contribution in [1.82, 2.24) is 9.29 Å². The van der Waals surface area contributed by atoms with Crippen LogP contribution in [-0.2, 0) is 16.4 Å². The van der Waals surface area contributed by atoms with Gasteiger partial charge in [-0.3, -0.25) is 10.1 Å². The molecule has 8 heteroatoms. The van der Waals surface area contributed by atoms with Crippen LogP contribution in [0.3, 0.4) is 0 Å². The Balaban J connectivity index is 1.43. The van der Waals surface area contributed by atoms with Crippen LogP contribution in [0.4, 0.5) is 5.13 Å². The highest BCUT2D eigenvalue weighted by Crippen LogP contribution is 2.26. The Morgan fingerprint density at radius 1 is 1.00 bits per heavy atom. The summed E-state index contributed by atoms with van der Waals surface area (Å²) in [6.07, 6.45) is 4.88. The second-order valence-electron chi connectivity index (χ2n) is 7.89. The molecule has 4 rings (SSSR count). The molecule has 1 saturated heterocycles. The Bertz CT molecular complexity index is 1160. The molecule has 1 fully saturated rings. The van der Waals surface area contributed by atoms with Gasteiger partial charge in [-0.25, -0.2) is 13.4 Å². The van der Waals surface area contributed by atoms with Gasteiger partial charge in [0.25, 0.3) is 5.91 Å². The standard InChI is InChI=1S/C24H27N3O3S2/c1-2-18-7-9-19(10-8-18)22-17-31-24(25-22)26-23(28)20-11-13-21(14-12-20)32(29,30)27-15-5-3-4-6-16-27/h7-14,17H,2-6,15-16H2,1H3,(H,25,26,28). The lowest BCUT2D eigenvalue weighted by Crippen LogP contribution is -2.31. The third-order valence-corrected chi connectivity index (χ3v) is 8.37. The van der Waals surface area contributed by atoms with Crippen molar-refractivity contribution in [3.05, 3.63) is 65.0 Å². The van der Waals surface area contributed by atoms with Crippen molar-refractivity contribution in [2.75, 3.05) is 18.4 Å². The van der Waals surface area contributed by atoms with E-state index in [-0.39, 0.29) is 10.8 Å². The third-order valence-electron chi connectivity index (χ3n) is 5.70. The minimum atomic E-state index is -3.53. The van der Waals surface area contributed by atoms with E-state index in [2.05, 4.69) is 29.4 Å². The molecule has 1 aliphatic heterocycles. The maximum Gasteiger partial charge on any atom is 0.257 e. The van der Waals surface area contributed by atoms with Gasteiger partial charge in [0.1, 0.15) is 0 Å². The second-order valence-corrected chi connectivity index (χ2v) is 10.7. The molecule has 1 N–H and O–H groups in total. The molecule has 0 spiro atoms. The monoisotopic (exact) mass is 469 g/mol. The molecular weight excluding hydrogens is 442 g/mol. The highest BCUT2D eigenvalue weighted by Gasteiger charge is 2.25. The number of hydrogen-bond donors (Lipinski definition) is 1. The first-order chi connectivity index (χ1) is 15.5. The number of carbonyl (C=O) groups excluding carboxylic acids is 1. The molecule has 0 aliphatic carbocycles. The van der Waals surface area contributed by atoms with E-state index in [4.69, 9.17) is 0 Å². The van der Waals surface area contributed by atoms with Crippen LogP contribution in [0.25, 0.3) is 11.3 Å². The number of thiazole rings is 1. The van der Waals surface area contributed by atoms with E-state index in [9.17, 15) is 13.2 Å². The van der Waals surface area contributed by atoms with Crippen LogP contribution in [0.2, 0.25) is 0 Å². The number of carbonyl (C=O) groups is 1. The van der Waals surface area contributed by atoms with Crippen molar-refractivity contribution < 1.29 is 13.2 Å². The average Bonchev–Trinajstić information content (AvgIpc) is 3.10. The van der Waals surface area contributed by atoms with E-state index < -0.39 is 10.0 Å². The van der Waals surface area contributed by atoms with Gasteiger partial charge in [-0.1, -0.05) is 44.0 Å². The van der Waals surface area contributed by atoms with Crippen LogP contribution in [0.5, 0.6) is 0 Å². The molecule has 1 amide bonds. The number of anilines is 1. The Morgan fingerprint density at radius 3 is 2.28 bits per heavy atom. The number of nitrogens with one attached hydrogen (secondary N) is 1. The van der Waals surface area contributed by atoms with Gasteiger partial charge in [0.15, 0.2) is 5.13 Å². The van der Waals surface area contributed by atoms with Crippen LogP contribution in [0, 0.1) is 0 Å². The summed E-state index contributed by atoms with van der Waals surface area (Å²) in [4.78, 5) is 17.4. The molecule has 0 atom stereocenters. The zero-order valence-corrected chi connectivity index (χ0v) is 19.7. The first-order valence-electron chi connectivity index (χ1n) is 10.9. The molecule has 1 aliphatic rings. The largest absolute Gasteiger partial charge is 0.298 e. The quantitative estimate of drug-likeness (QED) is 0.539. The van der Waals surface area contributed by atoms with Crippen LogP contribution < -0.4 is 5.32 Å². The van der Waals surface area contributed by atoms with Crippen molar-refractivity contribution in [3.8, 4) is 11.3 Å². The topological polar surface area (TPSA) is 79.4 Å². The third kappa shape index (κ3) is 5.09. The lowest BCUT2D eigenvalue weighted by Gasteiger charge is -2.20. The molecule has 0 radical (unpaired) electrons. The average molecular weight is 470 g/mol. The first kappa shape index (κ1) is 22.6. The molecular formula is C24H27N3O3S2. The van der Waals surface area contributed by atoms with Crippen LogP contribution in [0.1, 0.15) is 48.5 Å². The number of hydrogen-bond acceptors (Lipinski definition) is 5. The van der Waals surface area contributed by atoms with E-state index >= 15 is 0 Å². The van der Waals surface area contributed by atoms with Gasteiger partial charge in [0.2, 0.25) is 10.0 Å². The zero-order chi connectivity index (χ0) is 22.6. The van der Waals surface area contributed by atoms with Gasteiger partial charge < -0.3 is 0 Å². The molecule has 6 nitrogen and oxygen atoms in total. The summed E-state index contributed by atoms with van der Waals surface area (Å²) < 4.78 is 27.4. The number of sulfonamides is 1.